The molecule has 0 spiro atoms. The lowest BCUT2D eigenvalue weighted by atomic mass is 9.98. The average molecular weight is 699 g/mol. The highest BCUT2D eigenvalue weighted by Crippen LogP contribution is 2.46. The Morgan fingerprint density at radius 2 is 1.54 bits per heavy atom. The monoisotopic (exact) mass is 697 g/mol. The molecule has 1 atom stereocenters. The number of benzene rings is 5. The van der Waals surface area contributed by atoms with Gasteiger partial charge in [0, 0.05) is 28.0 Å². The fourth-order valence-electron chi connectivity index (χ4n) is 5.62. The Hall–Kier alpha value is -4.80. The van der Waals surface area contributed by atoms with Crippen molar-refractivity contribution < 1.29 is 22.7 Å². The molecule has 5 aromatic carbocycles. The van der Waals surface area contributed by atoms with E-state index in [1.807, 2.05) is 79.7 Å². The number of aryl methyl sites for hydroxylation is 1. The van der Waals surface area contributed by atoms with Crippen LogP contribution in [0.5, 0.6) is 11.5 Å². The van der Waals surface area contributed by atoms with Gasteiger partial charge in [-0.15, -0.1) is 0 Å². The molecule has 0 aromatic heterocycles. The van der Waals surface area contributed by atoms with Gasteiger partial charge in [0.1, 0.15) is 17.7 Å². The van der Waals surface area contributed by atoms with Gasteiger partial charge in [-0.1, -0.05) is 64.0 Å². The van der Waals surface area contributed by atoms with Crippen molar-refractivity contribution in [2.45, 2.75) is 24.5 Å². The topological polar surface area (TPSA) is 88.2 Å². The van der Waals surface area contributed by atoms with Crippen LogP contribution in [0, 0.1) is 6.92 Å². The van der Waals surface area contributed by atoms with E-state index in [0.717, 1.165) is 21.2 Å². The number of anilines is 3. The molecule has 1 heterocycles. The summed E-state index contributed by atoms with van der Waals surface area (Å²) in [5, 5.41) is 0. The quantitative estimate of drug-likeness (QED) is 0.168. The van der Waals surface area contributed by atoms with Gasteiger partial charge in [0.15, 0.2) is 0 Å². The zero-order chi connectivity index (χ0) is 32.4. The zero-order valence-electron chi connectivity index (χ0n) is 25.5. The highest BCUT2D eigenvalue weighted by atomic mass is 79.9. The number of ether oxygens (including phenoxy) is 2. The molecule has 0 unspecified atom stereocenters. The summed E-state index contributed by atoms with van der Waals surface area (Å²) in [7, 11) is -0.831. The van der Waals surface area contributed by atoms with Gasteiger partial charge in [-0.05, 0) is 85.3 Å². The molecule has 0 radical (unpaired) electrons. The van der Waals surface area contributed by atoms with Crippen molar-refractivity contribution in [3.8, 4) is 11.5 Å². The first-order valence-electron chi connectivity index (χ1n) is 14.5. The lowest BCUT2D eigenvalue weighted by Gasteiger charge is -2.46. The molecule has 0 fully saturated rings. The summed E-state index contributed by atoms with van der Waals surface area (Å²) < 4.78 is 41.9. The third-order valence-electron chi connectivity index (χ3n) is 7.90. The Morgan fingerprint density at radius 1 is 0.826 bits per heavy atom. The molecule has 0 saturated heterocycles. The number of rotatable bonds is 9. The summed E-state index contributed by atoms with van der Waals surface area (Å²) in [6.45, 7) is 2.35. The van der Waals surface area contributed by atoms with Gasteiger partial charge in [-0.2, -0.15) is 0 Å². The van der Waals surface area contributed by atoms with Crippen LogP contribution in [0.15, 0.2) is 125 Å². The highest BCUT2D eigenvalue weighted by molar-refractivity contribution is 9.10. The van der Waals surface area contributed by atoms with Crippen LogP contribution in [-0.4, -0.2) is 28.5 Å². The molecular formula is C36H32BrN3O5S. The summed E-state index contributed by atoms with van der Waals surface area (Å²) in [6.07, 6.45) is -0.658. The molecule has 0 bridgehead atoms. The molecule has 1 aliphatic heterocycles. The van der Waals surface area contributed by atoms with E-state index in [4.69, 9.17) is 9.47 Å². The number of nitrogens with one attached hydrogen (secondary N) is 1. The summed E-state index contributed by atoms with van der Waals surface area (Å²) in [5.41, 5.74) is 4.66. The fourth-order valence-corrected chi connectivity index (χ4v) is 7.08. The molecule has 6 rings (SSSR count). The Kier molecular flexibility index (Phi) is 8.75. The SMILES string of the molecule is COc1ccc(N2C(=O)c3cc(S(=O)(=O)Nc4ccc(C)cc4)ccc3N(Cc3ccccc3)[C@@H]2c2cc(Br)ccc2OC)cc1. The van der Waals surface area contributed by atoms with E-state index in [9.17, 15) is 13.2 Å². The molecule has 234 valence electrons. The Bertz CT molecular complexity index is 1990. The van der Waals surface area contributed by atoms with Gasteiger partial charge < -0.3 is 14.4 Å². The minimum Gasteiger partial charge on any atom is -0.497 e. The molecule has 5 aromatic rings. The minimum atomic E-state index is -4.01. The van der Waals surface area contributed by atoms with Crippen molar-refractivity contribution >= 4 is 48.9 Å². The number of halogens is 1. The third-order valence-corrected chi connectivity index (χ3v) is 9.77. The molecular weight excluding hydrogens is 666 g/mol. The first-order chi connectivity index (χ1) is 22.2. The first-order valence-corrected chi connectivity index (χ1v) is 16.8. The number of carbonyl (C=O) groups is 1. The second-order valence-corrected chi connectivity index (χ2v) is 13.5. The maximum Gasteiger partial charge on any atom is 0.262 e. The first kappa shape index (κ1) is 31.2. The maximum absolute atomic E-state index is 14.7. The minimum absolute atomic E-state index is 0.0204. The number of carbonyl (C=O) groups excluding carboxylic acids is 1. The van der Waals surface area contributed by atoms with E-state index in [-0.39, 0.29) is 16.4 Å². The molecule has 0 aliphatic carbocycles. The van der Waals surface area contributed by atoms with Crippen LogP contribution in [-0.2, 0) is 16.6 Å². The van der Waals surface area contributed by atoms with Crippen LogP contribution in [0.4, 0.5) is 17.1 Å². The fraction of sp³-hybridized carbons (Fsp3) is 0.139. The number of fused-ring (bicyclic) bond motifs is 1. The van der Waals surface area contributed by atoms with Crippen molar-refractivity contribution in [3.05, 3.63) is 142 Å². The van der Waals surface area contributed by atoms with Gasteiger partial charge in [0.05, 0.1) is 30.4 Å². The van der Waals surface area contributed by atoms with Gasteiger partial charge >= 0.3 is 0 Å². The summed E-state index contributed by atoms with van der Waals surface area (Å²) >= 11 is 3.62. The maximum atomic E-state index is 14.7. The molecule has 1 aliphatic rings. The molecule has 1 N–H and O–H groups in total. The molecule has 10 heteroatoms. The molecule has 46 heavy (non-hydrogen) atoms. The van der Waals surface area contributed by atoms with Gasteiger partial charge in [-0.25, -0.2) is 8.42 Å². The van der Waals surface area contributed by atoms with E-state index >= 15 is 0 Å². The third kappa shape index (κ3) is 6.18. The molecule has 8 nitrogen and oxygen atoms in total. The molecule has 1 amide bonds. The Labute approximate surface area is 277 Å². The van der Waals surface area contributed by atoms with Crippen LogP contribution in [0.25, 0.3) is 0 Å². The van der Waals surface area contributed by atoms with Gasteiger partial charge in [-0.3, -0.25) is 14.4 Å². The Morgan fingerprint density at radius 3 is 2.22 bits per heavy atom. The number of nitrogens with zero attached hydrogens (tertiary/aromatic N) is 2. The van der Waals surface area contributed by atoms with Crippen LogP contribution in [0.1, 0.15) is 33.2 Å². The lowest BCUT2D eigenvalue weighted by molar-refractivity contribution is 0.0967. The second-order valence-electron chi connectivity index (χ2n) is 10.9. The molecule has 0 saturated carbocycles. The van der Waals surface area contributed by atoms with Crippen LogP contribution in [0.2, 0.25) is 0 Å². The summed E-state index contributed by atoms with van der Waals surface area (Å²) in [4.78, 5) is 18.5. The largest absolute Gasteiger partial charge is 0.497 e. The van der Waals surface area contributed by atoms with E-state index < -0.39 is 16.2 Å². The number of methoxy groups -OCH3 is 2. The zero-order valence-corrected chi connectivity index (χ0v) is 27.9. The van der Waals surface area contributed by atoms with Crippen molar-refractivity contribution in [1.82, 2.24) is 0 Å². The van der Waals surface area contributed by atoms with E-state index in [0.29, 0.717) is 35.1 Å². The van der Waals surface area contributed by atoms with Crippen molar-refractivity contribution in [2.24, 2.45) is 0 Å². The van der Waals surface area contributed by atoms with Gasteiger partial charge in [0.2, 0.25) is 0 Å². The second kappa shape index (κ2) is 12.9. The van der Waals surface area contributed by atoms with Crippen LogP contribution >= 0.6 is 15.9 Å². The highest BCUT2D eigenvalue weighted by Gasteiger charge is 2.41. The number of hydrogen-bond acceptors (Lipinski definition) is 6. The van der Waals surface area contributed by atoms with Crippen molar-refractivity contribution in [2.75, 3.05) is 28.7 Å². The lowest BCUT2D eigenvalue weighted by Crippen LogP contribution is -2.49. The number of sulfonamides is 1. The van der Waals surface area contributed by atoms with E-state index in [1.165, 1.54) is 6.07 Å². The van der Waals surface area contributed by atoms with Crippen molar-refractivity contribution in [1.29, 1.82) is 0 Å². The Balaban J connectivity index is 1.55. The van der Waals surface area contributed by atoms with Crippen LogP contribution < -0.4 is 24.0 Å². The van der Waals surface area contributed by atoms with Crippen molar-refractivity contribution in [3.63, 3.8) is 0 Å². The normalized spacial score (nSPS) is 14.5. The van der Waals surface area contributed by atoms with E-state index in [1.54, 1.807) is 55.5 Å². The standard InChI is InChI=1S/C36H32BrN3O5S/c1-24-9-12-27(13-10-24)38-46(42,43)30-18-19-33-31(22-30)36(41)40(28-14-16-29(44-2)17-15-28)35(32-21-26(37)11-20-34(32)45-3)39(33)23-25-7-5-4-6-8-25/h4-22,35,38H,23H2,1-3H3/t35-/m0/s1. The van der Waals surface area contributed by atoms with Crippen LogP contribution in [0.3, 0.4) is 0 Å². The number of hydrogen-bond donors (Lipinski definition) is 1. The summed E-state index contributed by atoms with van der Waals surface area (Å²) in [6, 6.07) is 34.6. The van der Waals surface area contributed by atoms with E-state index in [2.05, 4.69) is 25.6 Å². The smallest absolute Gasteiger partial charge is 0.262 e. The summed E-state index contributed by atoms with van der Waals surface area (Å²) in [5.74, 6) is 0.883. The predicted octanol–water partition coefficient (Wildman–Crippen LogP) is 7.94. The van der Waals surface area contributed by atoms with Gasteiger partial charge in [0.25, 0.3) is 15.9 Å². The average Bonchev–Trinajstić information content (AvgIpc) is 3.07. The number of amides is 1. The predicted molar refractivity (Wildman–Crippen MR) is 184 cm³/mol.